The Balaban J connectivity index is 1.58. The van der Waals surface area contributed by atoms with Crippen LogP contribution in [0.4, 0.5) is 0 Å². The van der Waals surface area contributed by atoms with E-state index >= 15 is 0 Å². The van der Waals surface area contributed by atoms with Crippen molar-refractivity contribution >= 4 is 73.1 Å². The first-order valence-corrected chi connectivity index (χ1v) is 17.2. The smallest absolute Gasteiger partial charge is 0.343 e. The van der Waals surface area contributed by atoms with E-state index in [1.807, 2.05) is 30.4 Å². The summed E-state index contributed by atoms with van der Waals surface area (Å²) in [5.41, 5.74) is 6.17. The maximum atomic E-state index is 13.4. The molecule has 2 aromatic heterocycles. The monoisotopic (exact) mass is 601 g/mol. The van der Waals surface area contributed by atoms with Crippen LogP contribution in [0, 0.1) is 0 Å². The number of nitrogens with zero attached hydrogens (tertiary/aromatic N) is 2. The molecule has 0 spiro atoms. The van der Waals surface area contributed by atoms with Gasteiger partial charge in [-0.1, -0.05) is 19.1 Å². The third kappa shape index (κ3) is 3.29. The molecule has 1 unspecified atom stereocenters. The number of rotatable bonds is 7. The molecule has 0 amide bonds. The number of hydrogen-bond acceptors (Lipinski definition) is 7. The van der Waals surface area contributed by atoms with Gasteiger partial charge in [-0.25, -0.2) is 4.79 Å². The second-order valence-corrected chi connectivity index (χ2v) is 14.2. The minimum absolute atomic E-state index is 0.101. The van der Waals surface area contributed by atoms with Crippen LogP contribution >= 0.6 is 23.5 Å². The van der Waals surface area contributed by atoms with Gasteiger partial charge in [-0.15, -0.1) is 0 Å². The summed E-state index contributed by atoms with van der Waals surface area (Å²) in [6.45, 7) is 5.63. The summed E-state index contributed by atoms with van der Waals surface area (Å²) in [6.07, 6.45) is 2.68. The molecule has 7 nitrogen and oxygen atoms in total. The number of ether oxygens (including phenoxy) is 2. The molecule has 0 aliphatic carbocycles. The molecule has 3 atom stereocenters. The van der Waals surface area contributed by atoms with Gasteiger partial charge in [0.1, 0.15) is 6.23 Å². The number of hydrogen-bond donors (Lipinski definition) is 2. The normalized spacial score (nSPS) is 24.5. The average molecular weight is 602 g/mol. The zero-order chi connectivity index (χ0) is 29.0. The van der Waals surface area contributed by atoms with E-state index in [1.54, 1.807) is 0 Å². The van der Waals surface area contributed by atoms with Crippen LogP contribution in [0.1, 0.15) is 48.8 Å². The van der Waals surface area contributed by atoms with Gasteiger partial charge in [0, 0.05) is 46.8 Å². The molecule has 3 aliphatic rings. The average Bonchev–Trinajstić information content (AvgIpc) is 3.72. The standard InChI is InChI=1S/C33H35N3O4S2/c1-5-42-17-19-7-8-24-20(13-19)27-22-15-34-16-23(22)28-21-12-18(10-11-41-4)6-9-25(21)36-30(28)29(27)35(24)26-14-33(38,31(37)39-3)32(36,2)40-26/h6-9,12-13,26,34,38H,5,10-11,14-17H2,1-4H3/t26?,32-,33-/m0/s1. The van der Waals surface area contributed by atoms with E-state index < -0.39 is 23.5 Å². The summed E-state index contributed by atoms with van der Waals surface area (Å²) in [7, 11) is 1.34. The zero-order valence-corrected chi connectivity index (χ0v) is 26.0. The van der Waals surface area contributed by atoms with Crippen LogP contribution in [0.15, 0.2) is 36.4 Å². The fraction of sp³-hybridized carbons (Fsp3) is 0.424. The zero-order valence-electron chi connectivity index (χ0n) is 24.4. The molecule has 5 heterocycles. The third-order valence-corrected chi connectivity index (χ3v) is 11.4. The Morgan fingerprint density at radius 2 is 1.79 bits per heavy atom. The molecule has 8 rings (SSSR count). The summed E-state index contributed by atoms with van der Waals surface area (Å²) in [5.74, 6) is 2.41. The predicted molar refractivity (Wildman–Crippen MR) is 172 cm³/mol. The van der Waals surface area contributed by atoms with E-state index in [1.165, 1.54) is 45.5 Å². The van der Waals surface area contributed by atoms with E-state index in [9.17, 15) is 9.90 Å². The SMILES string of the molecule is CCSCc1ccc2c(c1)c1c3c(c4c5cc(CCSC)ccc5n5c4c1n2C1C[C@](O)(C(=O)OC)[C@]5(C)O1)CNC3. The van der Waals surface area contributed by atoms with Crippen LogP contribution in [-0.4, -0.2) is 50.7 Å². The lowest BCUT2D eigenvalue weighted by Gasteiger charge is -2.37. The maximum Gasteiger partial charge on any atom is 0.343 e. The molecule has 5 aromatic rings. The van der Waals surface area contributed by atoms with E-state index in [0.29, 0.717) is 0 Å². The number of nitrogens with one attached hydrogen (secondary N) is 1. The molecule has 2 bridgehead atoms. The number of aryl methyl sites for hydroxylation is 1. The lowest BCUT2D eigenvalue weighted by molar-refractivity contribution is -0.202. The topological polar surface area (TPSA) is 77.7 Å². The molecular weight excluding hydrogens is 567 g/mol. The molecule has 1 saturated heterocycles. The highest BCUT2D eigenvalue weighted by Gasteiger charge is 2.65. The Morgan fingerprint density at radius 3 is 2.52 bits per heavy atom. The second-order valence-electron chi connectivity index (χ2n) is 11.9. The van der Waals surface area contributed by atoms with Crippen LogP contribution in [0.2, 0.25) is 0 Å². The van der Waals surface area contributed by atoms with Crippen molar-refractivity contribution in [1.82, 2.24) is 14.5 Å². The Hall–Kier alpha value is -2.69. The van der Waals surface area contributed by atoms with Crippen molar-refractivity contribution < 1.29 is 19.4 Å². The van der Waals surface area contributed by atoms with Crippen molar-refractivity contribution in [3.63, 3.8) is 0 Å². The minimum atomic E-state index is -1.88. The van der Waals surface area contributed by atoms with Crippen molar-refractivity contribution in [3.8, 4) is 0 Å². The van der Waals surface area contributed by atoms with Crippen LogP contribution < -0.4 is 5.32 Å². The van der Waals surface area contributed by atoms with E-state index in [2.05, 4.69) is 64.0 Å². The molecule has 42 heavy (non-hydrogen) atoms. The second kappa shape index (κ2) is 9.40. The predicted octanol–water partition coefficient (Wildman–Crippen LogP) is 6.17. The van der Waals surface area contributed by atoms with Gasteiger partial charge in [-0.05, 0) is 77.6 Å². The molecule has 9 heteroatoms. The lowest BCUT2D eigenvalue weighted by atomic mass is 9.88. The third-order valence-electron chi connectivity index (χ3n) is 9.80. The molecule has 1 fully saturated rings. The maximum absolute atomic E-state index is 13.4. The highest BCUT2D eigenvalue weighted by atomic mass is 32.2. The first-order chi connectivity index (χ1) is 20.4. The molecule has 3 aliphatic heterocycles. The molecule has 218 valence electrons. The number of esters is 1. The number of carbonyl (C=O) groups excluding carboxylic acids is 1. The van der Waals surface area contributed by atoms with E-state index in [0.717, 1.165) is 64.2 Å². The van der Waals surface area contributed by atoms with Gasteiger partial charge in [-0.3, -0.25) is 0 Å². The number of benzene rings is 3. The van der Waals surface area contributed by atoms with E-state index in [4.69, 9.17) is 9.47 Å². The summed E-state index contributed by atoms with van der Waals surface area (Å²) in [4.78, 5) is 13.4. The van der Waals surface area contributed by atoms with Crippen molar-refractivity contribution in [2.75, 3.05) is 24.9 Å². The summed E-state index contributed by atoms with van der Waals surface area (Å²) < 4.78 is 16.6. The first kappa shape index (κ1) is 26.9. The van der Waals surface area contributed by atoms with Gasteiger partial charge in [0.15, 0.2) is 5.72 Å². The van der Waals surface area contributed by atoms with Crippen LogP contribution in [0.5, 0.6) is 0 Å². The minimum Gasteiger partial charge on any atom is -0.467 e. The van der Waals surface area contributed by atoms with Crippen LogP contribution in [0.25, 0.3) is 43.6 Å². The van der Waals surface area contributed by atoms with Crippen molar-refractivity contribution in [3.05, 3.63) is 58.7 Å². The molecular formula is C33H35N3O4S2. The Morgan fingerprint density at radius 1 is 1.10 bits per heavy atom. The molecule has 2 N–H and O–H groups in total. The largest absolute Gasteiger partial charge is 0.467 e. The van der Waals surface area contributed by atoms with Gasteiger partial charge in [0.05, 0.1) is 29.2 Å². The number of fused-ring (bicyclic) bond motifs is 13. The highest BCUT2D eigenvalue weighted by molar-refractivity contribution is 7.98. The fourth-order valence-electron chi connectivity index (χ4n) is 7.87. The van der Waals surface area contributed by atoms with Crippen LogP contribution in [0.3, 0.4) is 0 Å². The highest BCUT2D eigenvalue weighted by Crippen LogP contribution is 2.58. The van der Waals surface area contributed by atoms with Gasteiger partial charge in [-0.2, -0.15) is 23.5 Å². The Bertz CT molecular complexity index is 1960. The Kier molecular flexibility index (Phi) is 6.02. The van der Waals surface area contributed by atoms with Gasteiger partial charge >= 0.3 is 5.97 Å². The van der Waals surface area contributed by atoms with Crippen molar-refractivity contribution in [2.45, 2.75) is 63.1 Å². The number of thioether (sulfide) groups is 2. The quantitative estimate of drug-likeness (QED) is 0.216. The van der Waals surface area contributed by atoms with Gasteiger partial charge in [0.2, 0.25) is 5.60 Å². The van der Waals surface area contributed by atoms with Crippen LogP contribution in [-0.2, 0) is 45.3 Å². The first-order valence-electron chi connectivity index (χ1n) is 14.7. The van der Waals surface area contributed by atoms with Crippen molar-refractivity contribution in [2.24, 2.45) is 0 Å². The summed E-state index contributed by atoms with van der Waals surface area (Å²) in [6, 6.07) is 13.4. The molecule has 0 radical (unpaired) electrons. The van der Waals surface area contributed by atoms with Gasteiger partial charge < -0.3 is 29.0 Å². The number of carbonyl (C=O) groups is 1. The Labute approximate surface area is 252 Å². The lowest BCUT2D eigenvalue weighted by Crippen LogP contribution is -2.56. The van der Waals surface area contributed by atoms with Gasteiger partial charge in [0.25, 0.3) is 0 Å². The van der Waals surface area contributed by atoms with E-state index in [-0.39, 0.29) is 6.42 Å². The number of aliphatic hydroxyl groups is 1. The summed E-state index contributed by atoms with van der Waals surface area (Å²) >= 11 is 3.77. The number of aromatic nitrogens is 2. The summed E-state index contributed by atoms with van der Waals surface area (Å²) in [5, 5.41) is 20.8. The fourth-order valence-corrected chi connectivity index (χ4v) is 8.93. The number of methoxy groups -OCH3 is 1. The molecule has 0 saturated carbocycles. The van der Waals surface area contributed by atoms with Crippen molar-refractivity contribution in [1.29, 1.82) is 0 Å². The molecule has 3 aromatic carbocycles.